The number of allylic oxidation sites excluding steroid dienone is 1. The van der Waals surface area contributed by atoms with Crippen LogP contribution in [0, 0.1) is 0 Å². The standard InChI is InChI=1S/C7H5N3/c1-2-6-4-9-10-5-7(6)8-3-1/h1-5H/q+1. The Bertz CT molecular complexity index is 341. The van der Waals surface area contributed by atoms with E-state index in [9.17, 15) is 0 Å². The quantitative estimate of drug-likeness (QED) is 0.441. The van der Waals surface area contributed by atoms with E-state index in [-0.39, 0.29) is 0 Å². The third-order valence-electron chi connectivity index (χ3n) is 1.31. The second-order valence-electron chi connectivity index (χ2n) is 1.97. The van der Waals surface area contributed by atoms with E-state index in [1.54, 1.807) is 18.6 Å². The summed E-state index contributed by atoms with van der Waals surface area (Å²) in [6.07, 6.45) is 8.92. The van der Waals surface area contributed by atoms with Crippen LogP contribution in [0.25, 0.3) is 6.08 Å². The smallest absolute Gasteiger partial charge is 0.158 e. The summed E-state index contributed by atoms with van der Waals surface area (Å²) in [6.45, 7) is 0. The van der Waals surface area contributed by atoms with Gasteiger partial charge in [0.1, 0.15) is 6.20 Å². The van der Waals surface area contributed by atoms with Crippen LogP contribution in [0.2, 0.25) is 0 Å². The predicted octanol–water partition coefficient (Wildman–Crippen LogP) is -1.26. The Labute approximate surface area is 57.4 Å². The highest BCUT2D eigenvalue weighted by atomic mass is 15.1. The summed E-state index contributed by atoms with van der Waals surface area (Å²) in [5, 5.41) is 9.34. The normalized spacial score (nSPS) is 13.2. The SMILES string of the molecule is C1=C[N+]=c2cnncc2=C1. The van der Waals surface area contributed by atoms with Crippen molar-refractivity contribution in [3.8, 4) is 0 Å². The molecule has 0 bridgehead atoms. The third kappa shape index (κ3) is 0.719. The van der Waals surface area contributed by atoms with Gasteiger partial charge in [0, 0.05) is 6.08 Å². The molecule has 1 aromatic heterocycles. The summed E-state index contributed by atoms with van der Waals surface area (Å²) in [5.41, 5.74) is 0. The van der Waals surface area contributed by atoms with Crippen LogP contribution >= 0.6 is 0 Å². The fourth-order valence-electron chi connectivity index (χ4n) is 0.831. The molecule has 0 fully saturated rings. The zero-order valence-electron chi connectivity index (χ0n) is 5.23. The molecule has 1 aliphatic rings. The van der Waals surface area contributed by atoms with Crippen molar-refractivity contribution < 1.29 is 0 Å². The number of fused-ring (bicyclic) bond motifs is 1. The van der Waals surface area contributed by atoms with Crippen molar-refractivity contribution in [1.82, 2.24) is 15.2 Å². The van der Waals surface area contributed by atoms with Crippen LogP contribution in [-0.2, 0) is 0 Å². The molecule has 47 valence electrons. The van der Waals surface area contributed by atoms with Gasteiger partial charge in [0.05, 0.1) is 16.4 Å². The van der Waals surface area contributed by atoms with E-state index in [1.165, 1.54) is 0 Å². The zero-order valence-corrected chi connectivity index (χ0v) is 5.23. The number of hydrogen-bond donors (Lipinski definition) is 0. The average Bonchev–Trinajstić information content (AvgIpc) is 2.05. The molecule has 0 saturated carbocycles. The van der Waals surface area contributed by atoms with Gasteiger partial charge < -0.3 is 0 Å². The summed E-state index contributed by atoms with van der Waals surface area (Å²) in [7, 11) is 0. The second kappa shape index (κ2) is 2.02. The number of aromatic nitrogens is 2. The Morgan fingerprint density at radius 3 is 3.00 bits per heavy atom. The first-order valence-electron chi connectivity index (χ1n) is 2.98. The van der Waals surface area contributed by atoms with Crippen molar-refractivity contribution in [3.05, 3.63) is 35.2 Å². The van der Waals surface area contributed by atoms with Crippen LogP contribution in [0.1, 0.15) is 0 Å². The van der Waals surface area contributed by atoms with Crippen molar-refractivity contribution in [3.63, 3.8) is 0 Å². The van der Waals surface area contributed by atoms with Crippen molar-refractivity contribution in [2.75, 3.05) is 0 Å². The van der Waals surface area contributed by atoms with Crippen LogP contribution in [0.3, 0.4) is 0 Å². The molecule has 10 heavy (non-hydrogen) atoms. The van der Waals surface area contributed by atoms with Gasteiger partial charge in [0.2, 0.25) is 6.20 Å². The summed E-state index contributed by atoms with van der Waals surface area (Å²) in [4.78, 5) is 4.08. The van der Waals surface area contributed by atoms with Gasteiger partial charge in [-0.2, -0.15) is 10.2 Å². The predicted molar refractivity (Wildman–Crippen MR) is 36.1 cm³/mol. The topological polar surface area (TPSA) is 39.9 Å². The van der Waals surface area contributed by atoms with Gasteiger partial charge in [-0.05, 0) is 6.08 Å². The monoisotopic (exact) mass is 131 g/mol. The van der Waals surface area contributed by atoms with Crippen LogP contribution < -0.4 is 15.6 Å². The number of nitrogens with zero attached hydrogens (tertiary/aromatic N) is 3. The lowest BCUT2D eigenvalue weighted by Gasteiger charge is -1.79. The van der Waals surface area contributed by atoms with E-state index in [0.717, 1.165) is 10.6 Å². The molecule has 3 heteroatoms. The maximum Gasteiger partial charge on any atom is 0.305 e. The minimum atomic E-state index is 0.887. The largest absolute Gasteiger partial charge is 0.305 e. The van der Waals surface area contributed by atoms with E-state index in [4.69, 9.17) is 0 Å². The van der Waals surface area contributed by atoms with Gasteiger partial charge in [0.25, 0.3) is 0 Å². The molecule has 0 N–H and O–H groups in total. The van der Waals surface area contributed by atoms with Gasteiger partial charge in [0.15, 0.2) is 0 Å². The minimum Gasteiger partial charge on any atom is -0.158 e. The van der Waals surface area contributed by atoms with E-state index in [2.05, 4.69) is 15.2 Å². The van der Waals surface area contributed by atoms with Gasteiger partial charge >= 0.3 is 5.36 Å². The van der Waals surface area contributed by atoms with Gasteiger partial charge in [-0.3, -0.25) is 0 Å². The minimum absolute atomic E-state index is 0.887. The van der Waals surface area contributed by atoms with Crippen LogP contribution in [0.4, 0.5) is 0 Å². The highest BCUT2D eigenvalue weighted by molar-refractivity contribution is 5.36. The van der Waals surface area contributed by atoms with Gasteiger partial charge in [-0.25, -0.2) is 0 Å². The fourth-order valence-corrected chi connectivity index (χ4v) is 0.831. The maximum absolute atomic E-state index is 4.08. The highest BCUT2D eigenvalue weighted by Crippen LogP contribution is 1.70. The molecule has 0 saturated heterocycles. The molecule has 2 heterocycles. The van der Waals surface area contributed by atoms with Crippen molar-refractivity contribution in [1.29, 1.82) is 0 Å². The average molecular weight is 131 g/mol. The first kappa shape index (κ1) is 5.29. The van der Waals surface area contributed by atoms with E-state index >= 15 is 0 Å². The lowest BCUT2D eigenvalue weighted by atomic mass is 10.3. The Balaban J connectivity index is 2.92. The lowest BCUT2D eigenvalue weighted by molar-refractivity contribution is 0.972. The Kier molecular flexibility index (Phi) is 1.07. The van der Waals surface area contributed by atoms with E-state index in [1.807, 2.05) is 12.2 Å². The second-order valence-corrected chi connectivity index (χ2v) is 1.97. The molecule has 0 aliphatic carbocycles. The molecule has 0 atom stereocenters. The third-order valence-corrected chi connectivity index (χ3v) is 1.31. The van der Waals surface area contributed by atoms with Crippen molar-refractivity contribution in [2.45, 2.75) is 0 Å². The molecule has 1 radical (unpaired) electrons. The first-order valence-corrected chi connectivity index (χ1v) is 2.98. The Morgan fingerprint density at radius 2 is 2.10 bits per heavy atom. The van der Waals surface area contributed by atoms with Gasteiger partial charge in [-0.1, -0.05) is 0 Å². The highest BCUT2D eigenvalue weighted by Gasteiger charge is 1.98. The molecule has 3 nitrogen and oxygen atoms in total. The number of hydrogen-bond acceptors (Lipinski definition) is 3. The first-order chi connectivity index (χ1) is 4.97. The van der Waals surface area contributed by atoms with Crippen molar-refractivity contribution in [2.24, 2.45) is 0 Å². The molecular weight excluding hydrogens is 126 g/mol. The molecule has 1 aliphatic heterocycles. The van der Waals surface area contributed by atoms with Crippen LogP contribution in [-0.4, -0.2) is 10.2 Å². The fraction of sp³-hybridized carbons (Fsp3) is 0. The summed E-state index contributed by atoms with van der Waals surface area (Å²) >= 11 is 0. The van der Waals surface area contributed by atoms with Gasteiger partial charge in [-0.15, -0.1) is 0 Å². The molecule has 1 aromatic rings. The Hall–Kier alpha value is -1.51. The Morgan fingerprint density at radius 1 is 1.20 bits per heavy atom. The van der Waals surface area contributed by atoms with Crippen molar-refractivity contribution >= 4 is 6.08 Å². The molecule has 0 spiro atoms. The molecular formula is C7H5N3+. The molecule has 0 amide bonds. The van der Waals surface area contributed by atoms with Crippen LogP contribution in [0.5, 0.6) is 0 Å². The van der Waals surface area contributed by atoms with E-state index in [0.29, 0.717) is 0 Å². The molecule has 0 aromatic carbocycles. The lowest BCUT2D eigenvalue weighted by Crippen LogP contribution is -2.31. The molecule has 2 rings (SSSR count). The number of rotatable bonds is 0. The maximum atomic E-state index is 4.08. The summed E-state index contributed by atoms with van der Waals surface area (Å²) < 4.78 is 0. The zero-order chi connectivity index (χ0) is 6.81. The van der Waals surface area contributed by atoms with E-state index < -0.39 is 0 Å². The van der Waals surface area contributed by atoms with Crippen LogP contribution in [0.15, 0.2) is 24.7 Å². The summed E-state index contributed by atoms with van der Waals surface area (Å²) in [5.74, 6) is 0. The summed E-state index contributed by atoms with van der Waals surface area (Å²) in [6, 6.07) is 0. The molecule has 0 unspecified atom stereocenters.